The maximum absolute atomic E-state index is 11.2. The van der Waals surface area contributed by atoms with Crippen molar-refractivity contribution in [3.05, 3.63) is 0 Å². The van der Waals surface area contributed by atoms with Gasteiger partial charge >= 0.3 is 0 Å². The Morgan fingerprint density at radius 2 is 2.00 bits per heavy atom. The molecule has 1 N–H and O–H groups in total. The summed E-state index contributed by atoms with van der Waals surface area (Å²) in [5.41, 5.74) is -0.634. The van der Waals surface area contributed by atoms with E-state index in [-0.39, 0.29) is 11.8 Å². The van der Waals surface area contributed by atoms with E-state index in [4.69, 9.17) is 0 Å². The zero-order chi connectivity index (χ0) is 8.65. The van der Waals surface area contributed by atoms with Crippen LogP contribution in [0.1, 0.15) is 20.8 Å². The lowest BCUT2D eigenvalue weighted by molar-refractivity contribution is -0.155. The van der Waals surface area contributed by atoms with Gasteiger partial charge in [0.1, 0.15) is 0 Å². The molecular weight excluding hydrogens is 142 g/mol. The molecule has 1 fully saturated rings. The second-order valence-electron chi connectivity index (χ2n) is 3.85. The third-order valence-corrected chi connectivity index (χ3v) is 1.87. The lowest BCUT2D eigenvalue weighted by Crippen LogP contribution is -2.62. The van der Waals surface area contributed by atoms with E-state index < -0.39 is 5.60 Å². The van der Waals surface area contributed by atoms with Gasteiger partial charge in [-0.05, 0) is 6.92 Å². The first-order chi connectivity index (χ1) is 4.92. The van der Waals surface area contributed by atoms with Crippen LogP contribution in [0.4, 0.5) is 0 Å². The van der Waals surface area contributed by atoms with Crippen molar-refractivity contribution in [3.63, 3.8) is 0 Å². The van der Waals surface area contributed by atoms with Crippen LogP contribution in [0, 0.1) is 5.92 Å². The number of likely N-dealkylation sites (tertiary alicyclic amines) is 1. The highest BCUT2D eigenvalue weighted by Crippen LogP contribution is 2.21. The molecule has 64 valence electrons. The van der Waals surface area contributed by atoms with Gasteiger partial charge in [-0.15, -0.1) is 0 Å². The van der Waals surface area contributed by atoms with E-state index in [9.17, 15) is 9.90 Å². The van der Waals surface area contributed by atoms with E-state index in [1.165, 1.54) is 0 Å². The summed E-state index contributed by atoms with van der Waals surface area (Å²) in [5, 5.41) is 9.32. The quantitative estimate of drug-likeness (QED) is 0.592. The van der Waals surface area contributed by atoms with Gasteiger partial charge in [0.2, 0.25) is 5.91 Å². The van der Waals surface area contributed by atoms with Crippen molar-refractivity contribution in [1.29, 1.82) is 0 Å². The average molecular weight is 157 g/mol. The topological polar surface area (TPSA) is 40.5 Å². The first-order valence-corrected chi connectivity index (χ1v) is 3.93. The van der Waals surface area contributed by atoms with Gasteiger partial charge < -0.3 is 10.0 Å². The predicted octanol–water partition coefficient (Wildman–Crippen LogP) is 0.236. The van der Waals surface area contributed by atoms with Crippen LogP contribution in [0.25, 0.3) is 0 Å². The Morgan fingerprint density at radius 3 is 2.27 bits per heavy atom. The van der Waals surface area contributed by atoms with E-state index in [1.807, 2.05) is 13.8 Å². The molecule has 0 aromatic rings. The number of amides is 1. The maximum Gasteiger partial charge on any atom is 0.225 e. The van der Waals surface area contributed by atoms with Crippen LogP contribution < -0.4 is 0 Å². The molecule has 0 bridgehead atoms. The van der Waals surface area contributed by atoms with E-state index in [1.54, 1.807) is 11.8 Å². The summed E-state index contributed by atoms with van der Waals surface area (Å²) in [7, 11) is 0. The fourth-order valence-corrected chi connectivity index (χ4v) is 1.30. The SMILES string of the molecule is CC(C)C(=O)N1CC(C)(O)C1. The van der Waals surface area contributed by atoms with Gasteiger partial charge in [-0.3, -0.25) is 4.79 Å². The van der Waals surface area contributed by atoms with Crippen LogP contribution >= 0.6 is 0 Å². The van der Waals surface area contributed by atoms with Crippen LogP contribution in [-0.4, -0.2) is 34.6 Å². The third kappa shape index (κ3) is 1.71. The lowest BCUT2D eigenvalue weighted by atomic mass is 9.95. The Kier molecular flexibility index (Phi) is 1.92. The number of nitrogens with zero attached hydrogens (tertiary/aromatic N) is 1. The molecule has 0 spiro atoms. The minimum atomic E-state index is -0.634. The maximum atomic E-state index is 11.2. The highest BCUT2D eigenvalue weighted by Gasteiger charge is 2.39. The molecule has 0 radical (unpaired) electrons. The Balaban J connectivity index is 2.38. The van der Waals surface area contributed by atoms with Gasteiger partial charge in [-0.1, -0.05) is 13.8 Å². The summed E-state index contributed by atoms with van der Waals surface area (Å²) in [6.45, 7) is 6.47. The number of hydrogen-bond donors (Lipinski definition) is 1. The van der Waals surface area contributed by atoms with Gasteiger partial charge in [0.05, 0.1) is 18.7 Å². The van der Waals surface area contributed by atoms with Gasteiger partial charge in [0.15, 0.2) is 0 Å². The molecule has 0 aromatic carbocycles. The Hall–Kier alpha value is -0.570. The molecule has 0 saturated carbocycles. The molecule has 0 aliphatic carbocycles. The van der Waals surface area contributed by atoms with Crippen LogP contribution in [0.15, 0.2) is 0 Å². The minimum Gasteiger partial charge on any atom is -0.386 e. The second-order valence-corrected chi connectivity index (χ2v) is 3.85. The third-order valence-electron chi connectivity index (χ3n) is 1.87. The van der Waals surface area contributed by atoms with E-state index in [2.05, 4.69) is 0 Å². The molecule has 1 heterocycles. The molecule has 0 aromatic heterocycles. The minimum absolute atomic E-state index is 0.0473. The number of rotatable bonds is 1. The number of β-amino-alcohol motifs (C(OH)–C–C–N with tert-alkyl or cyclic N) is 1. The molecule has 1 aliphatic rings. The molecule has 3 nitrogen and oxygen atoms in total. The standard InChI is InChI=1S/C8H15NO2/c1-6(2)7(10)9-4-8(3,11)5-9/h6,11H,4-5H2,1-3H3. The van der Waals surface area contributed by atoms with Gasteiger partial charge in [-0.2, -0.15) is 0 Å². The van der Waals surface area contributed by atoms with E-state index in [0.717, 1.165) is 0 Å². The van der Waals surface area contributed by atoms with Gasteiger partial charge in [0.25, 0.3) is 0 Å². The van der Waals surface area contributed by atoms with Crippen molar-refractivity contribution in [2.75, 3.05) is 13.1 Å². The monoisotopic (exact) mass is 157 g/mol. The van der Waals surface area contributed by atoms with Crippen LogP contribution in [0.5, 0.6) is 0 Å². The molecule has 0 unspecified atom stereocenters. The Labute approximate surface area is 67.0 Å². The Morgan fingerprint density at radius 1 is 1.55 bits per heavy atom. The first kappa shape index (κ1) is 8.53. The molecule has 1 aliphatic heterocycles. The largest absolute Gasteiger partial charge is 0.386 e. The first-order valence-electron chi connectivity index (χ1n) is 3.93. The van der Waals surface area contributed by atoms with Crippen molar-refractivity contribution < 1.29 is 9.90 Å². The summed E-state index contributed by atoms with van der Waals surface area (Å²) in [5.74, 6) is 0.183. The average Bonchev–Trinajstić information content (AvgIpc) is 1.80. The molecule has 1 amide bonds. The van der Waals surface area contributed by atoms with Crippen LogP contribution in [0.3, 0.4) is 0 Å². The van der Waals surface area contributed by atoms with Crippen molar-refractivity contribution in [3.8, 4) is 0 Å². The fourth-order valence-electron chi connectivity index (χ4n) is 1.30. The van der Waals surface area contributed by atoms with Crippen molar-refractivity contribution in [2.45, 2.75) is 26.4 Å². The number of hydrogen-bond acceptors (Lipinski definition) is 2. The molecule has 0 atom stereocenters. The highest BCUT2D eigenvalue weighted by atomic mass is 16.3. The summed E-state index contributed by atoms with van der Waals surface area (Å²) >= 11 is 0. The van der Waals surface area contributed by atoms with E-state index >= 15 is 0 Å². The summed E-state index contributed by atoms with van der Waals surface area (Å²) < 4.78 is 0. The summed E-state index contributed by atoms with van der Waals surface area (Å²) in [6.07, 6.45) is 0. The molecule has 1 rings (SSSR count). The predicted molar refractivity (Wildman–Crippen MR) is 42.0 cm³/mol. The Bertz CT molecular complexity index is 167. The number of carbonyl (C=O) groups is 1. The molecule has 3 heteroatoms. The van der Waals surface area contributed by atoms with Crippen molar-refractivity contribution in [2.24, 2.45) is 5.92 Å². The van der Waals surface area contributed by atoms with Gasteiger partial charge in [-0.25, -0.2) is 0 Å². The zero-order valence-electron chi connectivity index (χ0n) is 7.29. The van der Waals surface area contributed by atoms with Crippen LogP contribution in [-0.2, 0) is 4.79 Å². The number of carbonyl (C=O) groups excluding carboxylic acids is 1. The second kappa shape index (κ2) is 2.48. The molecular formula is C8H15NO2. The summed E-state index contributed by atoms with van der Waals surface area (Å²) in [4.78, 5) is 12.9. The lowest BCUT2D eigenvalue weighted by Gasteiger charge is -2.44. The smallest absolute Gasteiger partial charge is 0.225 e. The van der Waals surface area contributed by atoms with Crippen molar-refractivity contribution in [1.82, 2.24) is 4.90 Å². The number of aliphatic hydroxyl groups is 1. The molecule has 11 heavy (non-hydrogen) atoms. The summed E-state index contributed by atoms with van der Waals surface area (Å²) in [6, 6.07) is 0. The van der Waals surface area contributed by atoms with Gasteiger partial charge in [0, 0.05) is 5.92 Å². The fraction of sp³-hybridized carbons (Fsp3) is 0.875. The molecule has 1 saturated heterocycles. The normalized spacial score (nSPS) is 21.7. The zero-order valence-corrected chi connectivity index (χ0v) is 7.29. The van der Waals surface area contributed by atoms with E-state index in [0.29, 0.717) is 13.1 Å². The van der Waals surface area contributed by atoms with Crippen LogP contribution in [0.2, 0.25) is 0 Å². The highest BCUT2D eigenvalue weighted by molar-refractivity contribution is 5.79. The van der Waals surface area contributed by atoms with Crippen molar-refractivity contribution >= 4 is 5.91 Å².